The number of amides is 3. The number of carbonyl (C=O) groups is 2. The summed E-state index contributed by atoms with van der Waals surface area (Å²) in [5.74, 6) is 0.487. The lowest BCUT2D eigenvalue weighted by Crippen LogP contribution is -2.63. The standard InChI is InChI=1S/C20H23N5O2/c1-5-9-23-14(3)11-24-16-17(21-19(23)24)22(4)20(27)25(18(16)26)12-15-8-6-7-13(2)10-15/h5-8,10-11,16-17H,1,9,12H2,2-4H3. The number of allylic oxidation sites excluding steroid dienone is 1. The molecule has 27 heavy (non-hydrogen) atoms. The minimum absolute atomic E-state index is 0.215. The minimum Gasteiger partial charge on any atom is -0.311 e. The largest absolute Gasteiger partial charge is 0.328 e. The highest BCUT2D eigenvalue weighted by molar-refractivity contribution is 6.04. The van der Waals surface area contributed by atoms with Gasteiger partial charge in [-0.2, -0.15) is 0 Å². The molecule has 0 spiro atoms. The van der Waals surface area contributed by atoms with Crippen LogP contribution < -0.4 is 0 Å². The van der Waals surface area contributed by atoms with E-state index in [1.807, 2.05) is 54.1 Å². The van der Waals surface area contributed by atoms with Gasteiger partial charge in [0.05, 0.1) is 6.54 Å². The zero-order valence-corrected chi connectivity index (χ0v) is 15.8. The quantitative estimate of drug-likeness (QED) is 0.767. The topological polar surface area (TPSA) is 59.5 Å². The molecule has 4 rings (SSSR count). The summed E-state index contributed by atoms with van der Waals surface area (Å²) in [7, 11) is 1.70. The first-order valence-corrected chi connectivity index (χ1v) is 8.99. The Morgan fingerprint density at radius 1 is 1.22 bits per heavy atom. The van der Waals surface area contributed by atoms with Gasteiger partial charge in [-0.3, -0.25) is 9.69 Å². The van der Waals surface area contributed by atoms with Crippen molar-refractivity contribution in [2.24, 2.45) is 4.99 Å². The number of urea groups is 1. The highest BCUT2D eigenvalue weighted by Crippen LogP contribution is 2.34. The molecule has 1 fully saturated rings. The molecule has 0 aliphatic carbocycles. The van der Waals surface area contributed by atoms with Crippen LogP contribution in [0, 0.1) is 6.92 Å². The summed E-state index contributed by atoms with van der Waals surface area (Å²) in [6.45, 7) is 8.63. The van der Waals surface area contributed by atoms with E-state index >= 15 is 0 Å². The van der Waals surface area contributed by atoms with E-state index in [1.165, 1.54) is 4.90 Å². The fourth-order valence-corrected chi connectivity index (χ4v) is 3.90. The van der Waals surface area contributed by atoms with E-state index in [0.29, 0.717) is 12.5 Å². The van der Waals surface area contributed by atoms with Crippen LogP contribution in [0.15, 0.2) is 53.8 Å². The van der Waals surface area contributed by atoms with E-state index in [-0.39, 0.29) is 18.5 Å². The molecule has 0 saturated carbocycles. The average molecular weight is 365 g/mol. The summed E-state index contributed by atoms with van der Waals surface area (Å²) in [5, 5.41) is 0. The Morgan fingerprint density at radius 3 is 2.70 bits per heavy atom. The fraction of sp³-hybridized carbons (Fsp3) is 0.350. The third-order valence-electron chi connectivity index (χ3n) is 5.24. The molecule has 3 aliphatic rings. The van der Waals surface area contributed by atoms with Gasteiger partial charge in [0, 0.05) is 25.5 Å². The van der Waals surface area contributed by atoms with Gasteiger partial charge < -0.3 is 14.7 Å². The van der Waals surface area contributed by atoms with Crippen molar-refractivity contribution in [3.63, 3.8) is 0 Å². The van der Waals surface area contributed by atoms with E-state index in [4.69, 9.17) is 0 Å². The van der Waals surface area contributed by atoms with Crippen molar-refractivity contribution < 1.29 is 9.59 Å². The molecule has 1 aromatic carbocycles. The zero-order chi connectivity index (χ0) is 19.3. The van der Waals surface area contributed by atoms with Crippen molar-refractivity contribution in [2.75, 3.05) is 13.6 Å². The summed E-state index contributed by atoms with van der Waals surface area (Å²) >= 11 is 0. The zero-order valence-electron chi connectivity index (χ0n) is 15.8. The number of guanidine groups is 1. The molecule has 0 aromatic heterocycles. The van der Waals surface area contributed by atoms with Gasteiger partial charge in [0.15, 0.2) is 12.2 Å². The van der Waals surface area contributed by atoms with Gasteiger partial charge in [0.2, 0.25) is 5.96 Å². The van der Waals surface area contributed by atoms with Crippen LogP contribution in [0.4, 0.5) is 4.79 Å². The van der Waals surface area contributed by atoms with E-state index in [9.17, 15) is 9.59 Å². The predicted octanol–water partition coefficient (Wildman–Crippen LogP) is 2.12. The summed E-state index contributed by atoms with van der Waals surface area (Å²) in [6, 6.07) is 7.01. The van der Waals surface area contributed by atoms with E-state index in [1.54, 1.807) is 18.0 Å². The maximum Gasteiger partial charge on any atom is 0.328 e. The molecular formula is C20H23N5O2. The number of hydrogen-bond donors (Lipinski definition) is 0. The molecule has 1 aromatic rings. The molecule has 2 unspecified atom stereocenters. The van der Waals surface area contributed by atoms with Crippen LogP contribution in [-0.2, 0) is 11.3 Å². The van der Waals surface area contributed by atoms with Gasteiger partial charge in [0.25, 0.3) is 5.91 Å². The fourth-order valence-electron chi connectivity index (χ4n) is 3.90. The normalized spacial score (nSPS) is 24.1. The Kier molecular flexibility index (Phi) is 4.02. The number of fused-ring (bicyclic) bond motifs is 3. The maximum atomic E-state index is 13.3. The van der Waals surface area contributed by atoms with Gasteiger partial charge in [-0.1, -0.05) is 35.9 Å². The van der Waals surface area contributed by atoms with Gasteiger partial charge in [-0.05, 0) is 19.4 Å². The third-order valence-corrected chi connectivity index (χ3v) is 5.24. The number of likely N-dealkylation sites (N-methyl/N-ethyl adjacent to an activating group) is 1. The smallest absolute Gasteiger partial charge is 0.311 e. The van der Waals surface area contributed by atoms with Gasteiger partial charge in [0.1, 0.15) is 0 Å². The lowest BCUT2D eigenvalue weighted by Gasteiger charge is -2.40. The van der Waals surface area contributed by atoms with E-state index in [2.05, 4.69) is 11.6 Å². The number of carbonyl (C=O) groups excluding carboxylic acids is 2. The Balaban J connectivity index is 1.65. The second-order valence-corrected chi connectivity index (χ2v) is 7.17. The SMILES string of the molecule is C=CCN1C(C)=CN2C1=NC1C2C(=O)N(Cc2cccc(C)c2)C(=O)N1C. The second-order valence-electron chi connectivity index (χ2n) is 7.17. The maximum absolute atomic E-state index is 13.3. The molecule has 0 radical (unpaired) electrons. The molecule has 1 saturated heterocycles. The van der Waals surface area contributed by atoms with Crippen molar-refractivity contribution >= 4 is 17.9 Å². The Hall–Kier alpha value is -3.09. The number of aliphatic imine (C=N–C) groups is 1. The highest BCUT2D eigenvalue weighted by atomic mass is 16.2. The van der Waals surface area contributed by atoms with Gasteiger partial charge in [-0.25, -0.2) is 9.79 Å². The van der Waals surface area contributed by atoms with Crippen molar-refractivity contribution in [3.8, 4) is 0 Å². The highest BCUT2D eigenvalue weighted by Gasteiger charge is 2.54. The van der Waals surface area contributed by atoms with Crippen molar-refractivity contribution in [3.05, 3.63) is 59.9 Å². The molecule has 7 heteroatoms. The van der Waals surface area contributed by atoms with E-state index in [0.717, 1.165) is 16.8 Å². The molecule has 140 valence electrons. The molecule has 0 bridgehead atoms. The molecule has 0 N–H and O–H groups in total. The molecule has 3 heterocycles. The summed E-state index contributed by atoms with van der Waals surface area (Å²) in [6.07, 6.45) is 3.22. The van der Waals surface area contributed by atoms with Crippen molar-refractivity contribution in [2.45, 2.75) is 32.6 Å². The number of imide groups is 1. The van der Waals surface area contributed by atoms with Crippen LogP contribution in [0.25, 0.3) is 0 Å². The molecule has 2 atom stereocenters. The first-order chi connectivity index (χ1) is 12.9. The van der Waals surface area contributed by atoms with Crippen LogP contribution in [0.1, 0.15) is 18.1 Å². The Bertz CT molecular complexity index is 890. The number of benzene rings is 1. The van der Waals surface area contributed by atoms with Crippen molar-refractivity contribution in [1.82, 2.24) is 19.6 Å². The second kappa shape index (κ2) is 6.26. The minimum atomic E-state index is -0.530. The number of nitrogens with zero attached hydrogens (tertiary/aromatic N) is 5. The lowest BCUT2D eigenvalue weighted by atomic mass is 10.1. The summed E-state index contributed by atoms with van der Waals surface area (Å²) in [4.78, 5) is 37.6. The number of aryl methyl sites for hydroxylation is 1. The number of hydrogen-bond acceptors (Lipinski definition) is 5. The molecule has 3 aliphatic heterocycles. The first kappa shape index (κ1) is 17.3. The molecule has 7 nitrogen and oxygen atoms in total. The lowest BCUT2D eigenvalue weighted by molar-refractivity contribution is -0.137. The van der Waals surface area contributed by atoms with Gasteiger partial charge >= 0.3 is 6.03 Å². The molecule has 3 amide bonds. The average Bonchev–Trinajstić information content (AvgIpc) is 3.14. The molecular weight excluding hydrogens is 342 g/mol. The third kappa shape index (κ3) is 2.61. The Morgan fingerprint density at radius 2 is 2.00 bits per heavy atom. The van der Waals surface area contributed by atoms with Crippen LogP contribution in [0.2, 0.25) is 0 Å². The van der Waals surface area contributed by atoms with Crippen molar-refractivity contribution in [1.29, 1.82) is 0 Å². The summed E-state index contributed by atoms with van der Waals surface area (Å²) in [5.41, 5.74) is 3.04. The monoisotopic (exact) mass is 365 g/mol. The van der Waals surface area contributed by atoms with E-state index < -0.39 is 12.2 Å². The Labute approximate surface area is 158 Å². The van der Waals surface area contributed by atoms with Gasteiger partial charge in [-0.15, -0.1) is 6.58 Å². The van der Waals surface area contributed by atoms with Crippen LogP contribution >= 0.6 is 0 Å². The van der Waals surface area contributed by atoms with Crippen LogP contribution in [0.5, 0.6) is 0 Å². The predicted molar refractivity (Wildman–Crippen MR) is 102 cm³/mol. The van der Waals surface area contributed by atoms with Crippen LogP contribution in [-0.4, -0.2) is 63.3 Å². The summed E-state index contributed by atoms with van der Waals surface area (Å²) < 4.78 is 0. The van der Waals surface area contributed by atoms with Crippen LogP contribution in [0.3, 0.4) is 0 Å². The number of rotatable bonds is 4. The first-order valence-electron chi connectivity index (χ1n) is 8.99.